The molecule has 0 unspecified atom stereocenters. The third-order valence-electron chi connectivity index (χ3n) is 3.50. The molecule has 0 N–H and O–H groups in total. The summed E-state index contributed by atoms with van der Waals surface area (Å²) in [6.07, 6.45) is 0.501. The van der Waals surface area contributed by atoms with Gasteiger partial charge in [0, 0.05) is 23.6 Å². The van der Waals surface area contributed by atoms with E-state index in [4.69, 9.17) is 9.26 Å². The predicted octanol–water partition coefficient (Wildman–Crippen LogP) is 4.51. The van der Waals surface area contributed by atoms with Gasteiger partial charge >= 0.3 is 0 Å². The van der Waals surface area contributed by atoms with Crippen molar-refractivity contribution < 1.29 is 14.1 Å². The van der Waals surface area contributed by atoms with Crippen LogP contribution in [0.1, 0.15) is 29.4 Å². The van der Waals surface area contributed by atoms with Crippen LogP contribution in [0.3, 0.4) is 0 Å². The molecule has 23 heavy (non-hydrogen) atoms. The normalized spacial score (nSPS) is 10.5. The molecule has 0 amide bonds. The van der Waals surface area contributed by atoms with Crippen molar-refractivity contribution in [3.05, 3.63) is 71.9 Å². The highest BCUT2D eigenvalue weighted by molar-refractivity contribution is 5.95. The quantitative estimate of drug-likeness (QED) is 0.629. The number of aromatic nitrogens is 1. The summed E-state index contributed by atoms with van der Waals surface area (Å²) in [5, 5.41) is 4.01. The van der Waals surface area contributed by atoms with Crippen LogP contribution in [0.2, 0.25) is 0 Å². The molecule has 4 nitrogen and oxygen atoms in total. The minimum absolute atomic E-state index is 0.126. The maximum absolute atomic E-state index is 11.6. The monoisotopic (exact) mass is 307 g/mol. The van der Waals surface area contributed by atoms with E-state index in [2.05, 4.69) is 5.16 Å². The van der Waals surface area contributed by atoms with Crippen LogP contribution in [0.25, 0.3) is 11.3 Å². The minimum atomic E-state index is 0.126. The summed E-state index contributed by atoms with van der Waals surface area (Å²) in [7, 11) is 0. The molecular formula is C19H17NO3. The average molecular weight is 307 g/mol. The van der Waals surface area contributed by atoms with Gasteiger partial charge in [0.05, 0.1) is 0 Å². The number of hydrogen-bond donors (Lipinski definition) is 0. The third-order valence-corrected chi connectivity index (χ3v) is 3.50. The van der Waals surface area contributed by atoms with Crippen molar-refractivity contribution >= 4 is 5.78 Å². The Balaban J connectivity index is 1.63. The van der Waals surface area contributed by atoms with E-state index in [1.54, 1.807) is 24.3 Å². The van der Waals surface area contributed by atoms with E-state index in [-0.39, 0.29) is 5.78 Å². The summed E-state index contributed by atoms with van der Waals surface area (Å²) in [5.74, 6) is 1.54. The highest BCUT2D eigenvalue weighted by Gasteiger charge is 2.07. The van der Waals surface area contributed by atoms with Crippen molar-refractivity contribution in [1.29, 1.82) is 0 Å². The smallest absolute Gasteiger partial charge is 0.167 e. The van der Waals surface area contributed by atoms with E-state index in [0.717, 1.165) is 11.3 Å². The molecule has 116 valence electrons. The fourth-order valence-corrected chi connectivity index (χ4v) is 2.22. The fraction of sp³-hybridized carbons (Fsp3) is 0.158. The first-order valence-corrected chi connectivity index (χ1v) is 7.53. The van der Waals surface area contributed by atoms with E-state index in [9.17, 15) is 4.79 Å². The first kappa shape index (κ1) is 15.0. The van der Waals surface area contributed by atoms with Crippen LogP contribution >= 0.6 is 0 Å². The number of rotatable bonds is 6. The molecule has 2 aromatic carbocycles. The van der Waals surface area contributed by atoms with Gasteiger partial charge in [0.2, 0.25) is 0 Å². The Kier molecular flexibility index (Phi) is 4.52. The molecule has 1 aromatic heterocycles. The Hall–Kier alpha value is -2.88. The molecule has 0 saturated carbocycles. The van der Waals surface area contributed by atoms with E-state index >= 15 is 0 Å². The highest BCUT2D eigenvalue weighted by atomic mass is 16.5. The van der Waals surface area contributed by atoms with Gasteiger partial charge in [-0.2, -0.15) is 0 Å². The molecule has 0 atom stereocenters. The van der Waals surface area contributed by atoms with Crippen LogP contribution in [0.5, 0.6) is 5.75 Å². The summed E-state index contributed by atoms with van der Waals surface area (Å²) in [5.41, 5.74) is 2.40. The van der Waals surface area contributed by atoms with Gasteiger partial charge < -0.3 is 9.26 Å². The number of ether oxygens (including phenoxy) is 1. The number of nitrogens with zero attached hydrogens (tertiary/aromatic N) is 1. The van der Waals surface area contributed by atoms with Crippen molar-refractivity contribution in [2.24, 2.45) is 0 Å². The van der Waals surface area contributed by atoms with Crippen molar-refractivity contribution in [2.45, 2.75) is 20.0 Å². The van der Waals surface area contributed by atoms with E-state index in [1.165, 1.54) is 0 Å². The molecule has 4 heteroatoms. The standard InChI is InChI=1S/C19H17NO3/c1-2-18(21)14-8-10-17(11-9-14)22-13-16-12-19(23-20-16)15-6-4-3-5-7-15/h3-12H,2,13H2,1H3. The Bertz CT molecular complexity index is 776. The summed E-state index contributed by atoms with van der Waals surface area (Å²) in [6.45, 7) is 2.17. The molecule has 0 radical (unpaired) electrons. The van der Waals surface area contributed by atoms with Gasteiger partial charge in [0.25, 0.3) is 0 Å². The number of Topliss-reactive ketones (excluding diaryl/α,β-unsaturated/α-hetero) is 1. The molecule has 0 aliphatic carbocycles. The fourth-order valence-electron chi connectivity index (χ4n) is 2.22. The van der Waals surface area contributed by atoms with E-state index in [0.29, 0.717) is 30.1 Å². The van der Waals surface area contributed by atoms with Gasteiger partial charge in [-0.05, 0) is 24.3 Å². The molecule has 0 spiro atoms. The molecule has 1 heterocycles. The van der Waals surface area contributed by atoms with Crippen LogP contribution in [0.4, 0.5) is 0 Å². The largest absolute Gasteiger partial charge is 0.487 e. The number of carbonyl (C=O) groups is 1. The summed E-state index contributed by atoms with van der Waals surface area (Å²) in [6, 6.07) is 18.8. The van der Waals surface area contributed by atoms with Crippen LogP contribution < -0.4 is 4.74 Å². The van der Waals surface area contributed by atoms with Gasteiger partial charge in [-0.1, -0.05) is 42.4 Å². The molecule has 0 bridgehead atoms. The Morgan fingerprint density at radius 1 is 1.09 bits per heavy atom. The highest BCUT2D eigenvalue weighted by Crippen LogP contribution is 2.21. The van der Waals surface area contributed by atoms with E-state index in [1.807, 2.05) is 43.3 Å². The Morgan fingerprint density at radius 3 is 2.52 bits per heavy atom. The first-order chi connectivity index (χ1) is 11.3. The second-order valence-corrected chi connectivity index (χ2v) is 5.14. The van der Waals surface area contributed by atoms with Gasteiger partial charge in [-0.15, -0.1) is 0 Å². The Labute approximate surface area is 134 Å². The molecule has 0 fully saturated rings. The lowest BCUT2D eigenvalue weighted by molar-refractivity contribution is 0.0988. The van der Waals surface area contributed by atoms with Gasteiger partial charge in [-0.25, -0.2) is 0 Å². The maximum Gasteiger partial charge on any atom is 0.167 e. The SMILES string of the molecule is CCC(=O)c1ccc(OCc2cc(-c3ccccc3)on2)cc1. The third kappa shape index (κ3) is 3.66. The first-order valence-electron chi connectivity index (χ1n) is 7.53. The molecule has 0 aliphatic rings. The zero-order valence-corrected chi connectivity index (χ0v) is 12.9. The molecule has 3 rings (SSSR count). The number of ketones is 1. The lowest BCUT2D eigenvalue weighted by Gasteiger charge is -2.04. The van der Waals surface area contributed by atoms with Crippen molar-refractivity contribution in [3.8, 4) is 17.1 Å². The lowest BCUT2D eigenvalue weighted by Crippen LogP contribution is -1.98. The van der Waals surface area contributed by atoms with Crippen LogP contribution in [0.15, 0.2) is 65.2 Å². The summed E-state index contributed by atoms with van der Waals surface area (Å²) < 4.78 is 11.0. The molecular weight excluding hydrogens is 290 g/mol. The summed E-state index contributed by atoms with van der Waals surface area (Å²) in [4.78, 5) is 11.6. The van der Waals surface area contributed by atoms with Crippen molar-refractivity contribution in [3.63, 3.8) is 0 Å². The van der Waals surface area contributed by atoms with E-state index < -0.39 is 0 Å². The summed E-state index contributed by atoms with van der Waals surface area (Å²) >= 11 is 0. The Morgan fingerprint density at radius 2 is 1.83 bits per heavy atom. The van der Waals surface area contributed by atoms with Crippen LogP contribution in [0, 0.1) is 0 Å². The second kappa shape index (κ2) is 6.92. The lowest BCUT2D eigenvalue weighted by atomic mass is 10.1. The molecule has 0 saturated heterocycles. The zero-order valence-electron chi connectivity index (χ0n) is 12.9. The number of benzene rings is 2. The second-order valence-electron chi connectivity index (χ2n) is 5.14. The molecule has 3 aromatic rings. The van der Waals surface area contributed by atoms with Gasteiger partial charge in [-0.3, -0.25) is 4.79 Å². The minimum Gasteiger partial charge on any atom is -0.487 e. The number of hydrogen-bond acceptors (Lipinski definition) is 4. The number of carbonyl (C=O) groups excluding carboxylic acids is 1. The topological polar surface area (TPSA) is 52.3 Å². The predicted molar refractivity (Wildman–Crippen MR) is 87.3 cm³/mol. The van der Waals surface area contributed by atoms with Crippen LogP contribution in [-0.4, -0.2) is 10.9 Å². The maximum atomic E-state index is 11.6. The average Bonchev–Trinajstić information content (AvgIpc) is 3.09. The molecule has 0 aliphatic heterocycles. The van der Waals surface area contributed by atoms with Crippen molar-refractivity contribution in [1.82, 2.24) is 5.16 Å². The van der Waals surface area contributed by atoms with Gasteiger partial charge in [0.1, 0.15) is 18.1 Å². The van der Waals surface area contributed by atoms with Crippen molar-refractivity contribution in [2.75, 3.05) is 0 Å². The zero-order chi connectivity index (χ0) is 16.1. The van der Waals surface area contributed by atoms with Crippen LogP contribution in [-0.2, 0) is 6.61 Å². The van der Waals surface area contributed by atoms with Gasteiger partial charge in [0.15, 0.2) is 11.5 Å².